The molecule has 4 nitrogen and oxygen atoms in total. The van der Waals surface area contributed by atoms with E-state index in [1.807, 2.05) is 54.0 Å². The lowest BCUT2D eigenvalue weighted by Gasteiger charge is -2.36. The highest BCUT2D eigenvalue weighted by Crippen LogP contribution is 2.35. The Morgan fingerprint density at radius 2 is 2.00 bits per heavy atom. The fraction of sp³-hybridized carbons (Fsp3) is 0.462. The van der Waals surface area contributed by atoms with Gasteiger partial charge in [-0.2, -0.15) is 0 Å². The van der Waals surface area contributed by atoms with Gasteiger partial charge in [0, 0.05) is 10.6 Å². The van der Waals surface area contributed by atoms with Crippen LogP contribution in [0.1, 0.15) is 45.6 Å². The van der Waals surface area contributed by atoms with Crippen LogP contribution in [0.4, 0.5) is 0 Å². The van der Waals surface area contributed by atoms with Crippen molar-refractivity contribution in [3.63, 3.8) is 0 Å². The van der Waals surface area contributed by atoms with Crippen LogP contribution < -0.4 is 0 Å². The van der Waals surface area contributed by atoms with Crippen LogP contribution in [0.3, 0.4) is 0 Å². The molecule has 0 radical (unpaired) electrons. The SMILES string of the molecule is Cc1cc(-c2nc3ccccc3n2CC(=O)OC2C[C@H](C)CC[C@H]2C(C)C)ccc1Cl. The number of ether oxygens (including phenoxy) is 1. The molecule has 3 aromatic rings. The summed E-state index contributed by atoms with van der Waals surface area (Å²) < 4.78 is 8.05. The van der Waals surface area contributed by atoms with E-state index in [1.165, 1.54) is 6.42 Å². The quantitative estimate of drug-likeness (QED) is 0.418. The Bertz CT molecular complexity index is 1090. The second-order valence-electron chi connectivity index (χ2n) is 9.33. The molecule has 3 atom stereocenters. The summed E-state index contributed by atoms with van der Waals surface area (Å²) in [5.41, 5.74) is 3.72. The fourth-order valence-electron chi connectivity index (χ4n) is 4.83. The van der Waals surface area contributed by atoms with Crippen molar-refractivity contribution in [3.8, 4) is 11.4 Å². The third-order valence-corrected chi connectivity index (χ3v) is 7.03. The molecule has 1 aliphatic rings. The highest BCUT2D eigenvalue weighted by molar-refractivity contribution is 6.31. The Morgan fingerprint density at radius 1 is 1.23 bits per heavy atom. The molecule has 4 rings (SSSR count). The van der Waals surface area contributed by atoms with Crippen molar-refractivity contribution in [2.75, 3.05) is 0 Å². The van der Waals surface area contributed by atoms with E-state index in [0.717, 1.165) is 45.8 Å². The molecule has 1 saturated carbocycles. The smallest absolute Gasteiger partial charge is 0.326 e. The molecule has 1 fully saturated rings. The Labute approximate surface area is 189 Å². The predicted molar refractivity (Wildman–Crippen MR) is 126 cm³/mol. The number of aromatic nitrogens is 2. The van der Waals surface area contributed by atoms with Crippen LogP contribution >= 0.6 is 11.6 Å². The summed E-state index contributed by atoms with van der Waals surface area (Å²) in [6.07, 6.45) is 3.28. The number of halogens is 1. The number of hydrogen-bond acceptors (Lipinski definition) is 3. The topological polar surface area (TPSA) is 44.1 Å². The summed E-state index contributed by atoms with van der Waals surface area (Å²) in [6.45, 7) is 8.83. The van der Waals surface area contributed by atoms with E-state index < -0.39 is 0 Å². The second kappa shape index (κ2) is 9.04. The van der Waals surface area contributed by atoms with E-state index in [4.69, 9.17) is 21.3 Å². The molecule has 2 aromatic carbocycles. The normalized spacial score (nSPS) is 21.5. The number of rotatable bonds is 5. The Hall–Kier alpha value is -2.33. The average Bonchev–Trinajstić information content (AvgIpc) is 3.08. The van der Waals surface area contributed by atoms with Gasteiger partial charge in [0.2, 0.25) is 0 Å². The molecule has 0 amide bonds. The Balaban J connectivity index is 1.64. The van der Waals surface area contributed by atoms with Gasteiger partial charge in [0.15, 0.2) is 0 Å². The van der Waals surface area contributed by atoms with Gasteiger partial charge in [-0.25, -0.2) is 4.98 Å². The first-order valence-corrected chi connectivity index (χ1v) is 11.6. The van der Waals surface area contributed by atoms with E-state index in [0.29, 0.717) is 17.8 Å². The third kappa shape index (κ3) is 4.64. The summed E-state index contributed by atoms with van der Waals surface area (Å²) in [5.74, 6) is 2.09. The van der Waals surface area contributed by atoms with E-state index in [-0.39, 0.29) is 18.6 Å². The molecule has 1 aliphatic carbocycles. The molecule has 5 heteroatoms. The van der Waals surface area contributed by atoms with Crippen molar-refractivity contribution in [1.29, 1.82) is 0 Å². The number of carbonyl (C=O) groups excluding carboxylic acids is 1. The Morgan fingerprint density at radius 3 is 2.74 bits per heavy atom. The summed E-state index contributed by atoms with van der Waals surface area (Å²) in [7, 11) is 0. The lowest BCUT2D eigenvalue weighted by Crippen LogP contribution is -2.36. The van der Waals surface area contributed by atoms with Gasteiger partial charge in [-0.1, -0.05) is 50.9 Å². The minimum atomic E-state index is -0.195. The number of aryl methyl sites for hydroxylation is 1. The van der Waals surface area contributed by atoms with E-state index in [1.54, 1.807) is 0 Å². The molecular formula is C26H31ClN2O2. The summed E-state index contributed by atoms with van der Waals surface area (Å²) >= 11 is 6.23. The minimum Gasteiger partial charge on any atom is -0.461 e. The molecule has 1 unspecified atom stereocenters. The zero-order valence-corrected chi connectivity index (χ0v) is 19.5. The number of benzene rings is 2. The van der Waals surface area contributed by atoms with Crippen molar-refractivity contribution >= 4 is 28.6 Å². The first kappa shape index (κ1) is 21.9. The van der Waals surface area contributed by atoms with Crippen molar-refractivity contribution in [2.45, 2.75) is 59.6 Å². The number of nitrogens with zero attached hydrogens (tertiary/aromatic N) is 2. The van der Waals surface area contributed by atoms with Crippen LogP contribution in [0.15, 0.2) is 42.5 Å². The van der Waals surface area contributed by atoms with Crippen LogP contribution in [0.5, 0.6) is 0 Å². The number of esters is 1. The molecule has 0 N–H and O–H groups in total. The highest BCUT2D eigenvalue weighted by atomic mass is 35.5. The van der Waals surface area contributed by atoms with Crippen molar-refractivity contribution in [3.05, 3.63) is 53.1 Å². The minimum absolute atomic E-state index is 0.00716. The van der Waals surface area contributed by atoms with Gasteiger partial charge in [-0.3, -0.25) is 4.79 Å². The molecular weight excluding hydrogens is 408 g/mol. The predicted octanol–water partition coefficient (Wildman–Crippen LogP) is 6.67. The largest absolute Gasteiger partial charge is 0.461 e. The van der Waals surface area contributed by atoms with Gasteiger partial charge in [-0.15, -0.1) is 0 Å². The van der Waals surface area contributed by atoms with Crippen molar-refractivity contribution < 1.29 is 9.53 Å². The molecule has 164 valence electrons. The molecule has 0 aliphatic heterocycles. The van der Waals surface area contributed by atoms with Crippen molar-refractivity contribution in [2.24, 2.45) is 17.8 Å². The summed E-state index contributed by atoms with van der Waals surface area (Å²) in [5, 5.41) is 0.719. The average molecular weight is 439 g/mol. The van der Waals surface area contributed by atoms with Gasteiger partial charge in [0.1, 0.15) is 18.5 Å². The zero-order valence-electron chi connectivity index (χ0n) is 18.8. The van der Waals surface area contributed by atoms with Gasteiger partial charge in [0.05, 0.1) is 11.0 Å². The maximum atomic E-state index is 13.1. The number of hydrogen-bond donors (Lipinski definition) is 0. The maximum Gasteiger partial charge on any atom is 0.326 e. The zero-order chi connectivity index (χ0) is 22.1. The van der Waals surface area contributed by atoms with E-state index in [2.05, 4.69) is 20.8 Å². The maximum absolute atomic E-state index is 13.1. The van der Waals surface area contributed by atoms with Crippen LogP contribution in [0.25, 0.3) is 22.4 Å². The first-order valence-electron chi connectivity index (χ1n) is 11.2. The first-order chi connectivity index (χ1) is 14.8. The molecule has 31 heavy (non-hydrogen) atoms. The number of para-hydroxylation sites is 2. The van der Waals surface area contributed by atoms with Crippen LogP contribution in [0, 0.1) is 24.7 Å². The van der Waals surface area contributed by atoms with E-state index in [9.17, 15) is 4.79 Å². The molecule has 0 spiro atoms. The number of carbonyl (C=O) groups is 1. The fourth-order valence-corrected chi connectivity index (χ4v) is 4.94. The van der Waals surface area contributed by atoms with Crippen LogP contribution in [-0.4, -0.2) is 21.6 Å². The van der Waals surface area contributed by atoms with E-state index >= 15 is 0 Å². The number of fused-ring (bicyclic) bond motifs is 1. The highest BCUT2D eigenvalue weighted by Gasteiger charge is 2.33. The van der Waals surface area contributed by atoms with Gasteiger partial charge >= 0.3 is 5.97 Å². The third-order valence-electron chi connectivity index (χ3n) is 6.60. The molecule has 1 heterocycles. The lowest BCUT2D eigenvalue weighted by molar-refractivity contribution is -0.156. The van der Waals surface area contributed by atoms with Crippen LogP contribution in [-0.2, 0) is 16.1 Å². The Kier molecular flexibility index (Phi) is 6.38. The number of imidazole rings is 1. The molecule has 0 bridgehead atoms. The van der Waals surface area contributed by atoms with Gasteiger partial charge in [0.25, 0.3) is 0 Å². The summed E-state index contributed by atoms with van der Waals surface area (Å²) in [4.78, 5) is 17.9. The standard InChI is InChI=1S/C26H31ClN2O2/c1-16(2)20-11-9-17(3)13-24(20)31-25(30)15-29-23-8-6-5-7-22(23)28-26(29)19-10-12-21(27)18(4)14-19/h5-8,10,12,14,16-17,20,24H,9,11,13,15H2,1-4H3/t17-,20+,24?/m1/s1. The second-order valence-corrected chi connectivity index (χ2v) is 9.74. The molecule has 0 saturated heterocycles. The van der Waals surface area contributed by atoms with Crippen LogP contribution in [0.2, 0.25) is 5.02 Å². The van der Waals surface area contributed by atoms with Gasteiger partial charge < -0.3 is 9.30 Å². The molecule has 1 aromatic heterocycles. The lowest BCUT2D eigenvalue weighted by atomic mass is 9.75. The van der Waals surface area contributed by atoms with Gasteiger partial charge in [-0.05, 0) is 73.4 Å². The summed E-state index contributed by atoms with van der Waals surface area (Å²) in [6, 6.07) is 13.8. The monoisotopic (exact) mass is 438 g/mol. The van der Waals surface area contributed by atoms with Crippen molar-refractivity contribution in [1.82, 2.24) is 9.55 Å².